The number of halogens is 1. The molecule has 0 spiro atoms. The molecule has 0 radical (unpaired) electrons. The topological polar surface area (TPSA) is 81.6 Å². The number of carbonyl (C=O) groups is 1. The first-order valence-corrected chi connectivity index (χ1v) is 8.93. The summed E-state index contributed by atoms with van der Waals surface area (Å²) in [5, 5.41) is 12.7. The van der Waals surface area contributed by atoms with Gasteiger partial charge in [0.15, 0.2) is 0 Å². The number of rotatable bonds is 5. The number of carboxylic acid groups (broad SMARTS) is 1. The lowest BCUT2D eigenvalue weighted by Gasteiger charge is -2.33. The van der Waals surface area contributed by atoms with E-state index in [0.29, 0.717) is 24.2 Å². The first-order chi connectivity index (χ1) is 12.5. The Labute approximate surface area is 157 Å². The minimum absolute atomic E-state index is 0.0571. The minimum atomic E-state index is -0.834. The Morgan fingerprint density at radius 1 is 1.23 bits per heavy atom. The van der Waals surface area contributed by atoms with Crippen molar-refractivity contribution in [1.29, 1.82) is 0 Å². The van der Waals surface area contributed by atoms with Crippen molar-refractivity contribution in [3.63, 3.8) is 0 Å². The second-order valence-corrected chi connectivity index (χ2v) is 6.74. The average Bonchev–Trinajstić information content (AvgIpc) is 2.63. The highest BCUT2D eigenvalue weighted by molar-refractivity contribution is 6.29. The molecule has 7 nitrogen and oxygen atoms in total. The van der Waals surface area contributed by atoms with Crippen LogP contribution in [0, 0.1) is 0 Å². The Bertz CT molecular complexity index is 748. The van der Waals surface area contributed by atoms with Gasteiger partial charge in [-0.1, -0.05) is 35.9 Å². The molecule has 1 aromatic carbocycles. The molecule has 2 heterocycles. The van der Waals surface area contributed by atoms with Gasteiger partial charge in [0.25, 0.3) is 0 Å². The van der Waals surface area contributed by atoms with E-state index in [1.165, 1.54) is 10.5 Å². The van der Waals surface area contributed by atoms with Gasteiger partial charge in [0.05, 0.1) is 6.04 Å². The summed E-state index contributed by atoms with van der Waals surface area (Å²) < 4.78 is 0. The zero-order valence-electron chi connectivity index (χ0n) is 14.6. The predicted octanol–water partition coefficient (Wildman–Crippen LogP) is 3.10. The Morgan fingerprint density at radius 2 is 1.92 bits per heavy atom. The SMILES string of the molecule is C[C@H](Nc1nccc(Cl)n1)c1ccc(CN2CCN(C(=O)O)CC2)cc1. The van der Waals surface area contributed by atoms with Gasteiger partial charge in [-0.25, -0.2) is 14.8 Å². The molecule has 26 heavy (non-hydrogen) atoms. The van der Waals surface area contributed by atoms with E-state index in [9.17, 15) is 4.79 Å². The van der Waals surface area contributed by atoms with E-state index < -0.39 is 6.09 Å². The second-order valence-electron chi connectivity index (χ2n) is 6.36. The van der Waals surface area contributed by atoms with Crippen molar-refractivity contribution in [2.45, 2.75) is 19.5 Å². The van der Waals surface area contributed by atoms with E-state index in [2.05, 4.69) is 44.5 Å². The molecule has 0 saturated carbocycles. The van der Waals surface area contributed by atoms with Gasteiger partial charge in [-0.3, -0.25) is 4.90 Å². The lowest BCUT2D eigenvalue weighted by molar-refractivity contribution is 0.103. The molecular formula is C18H22ClN5O2. The first kappa shape index (κ1) is 18.4. The summed E-state index contributed by atoms with van der Waals surface area (Å²) in [6.45, 7) is 5.52. The molecule has 0 aliphatic carbocycles. The van der Waals surface area contributed by atoms with Gasteiger partial charge in [-0.15, -0.1) is 0 Å². The van der Waals surface area contributed by atoms with Crippen LogP contribution in [0.3, 0.4) is 0 Å². The summed E-state index contributed by atoms with van der Waals surface area (Å²) in [4.78, 5) is 23.0. The fraction of sp³-hybridized carbons (Fsp3) is 0.389. The maximum Gasteiger partial charge on any atom is 0.407 e. The first-order valence-electron chi connectivity index (χ1n) is 8.55. The van der Waals surface area contributed by atoms with Crippen LogP contribution in [0.5, 0.6) is 0 Å². The summed E-state index contributed by atoms with van der Waals surface area (Å²) in [5.41, 5.74) is 2.34. The molecule has 0 bridgehead atoms. The van der Waals surface area contributed by atoms with Crippen molar-refractivity contribution >= 4 is 23.6 Å². The molecular weight excluding hydrogens is 354 g/mol. The molecule has 1 saturated heterocycles. The molecule has 1 aliphatic rings. The third kappa shape index (κ3) is 4.83. The van der Waals surface area contributed by atoms with Crippen LogP contribution in [-0.4, -0.2) is 57.1 Å². The van der Waals surface area contributed by atoms with Gasteiger partial charge in [0.1, 0.15) is 5.15 Å². The zero-order valence-corrected chi connectivity index (χ0v) is 15.4. The number of nitrogens with zero attached hydrogens (tertiary/aromatic N) is 4. The molecule has 8 heteroatoms. The summed E-state index contributed by atoms with van der Waals surface area (Å²) in [7, 11) is 0. The maximum atomic E-state index is 11.0. The highest BCUT2D eigenvalue weighted by Crippen LogP contribution is 2.19. The van der Waals surface area contributed by atoms with E-state index in [1.54, 1.807) is 12.3 Å². The van der Waals surface area contributed by atoms with E-state index in [1.807, 2.05) is 6.92 Å². The summed E-state index contributed by atoms with van der Waals surface area (Å²) in [6.07, 6.45) is 0.789. The standard InChI is InChI=1S/C18H22ClN5O2/c1-13(21-17-20-7-6-16(19)22-17)15-4-2-14(3-5-15)12-23-8-10-24(11-9-23)18(25)26/h2-7,13H,8-12H2,1H3,(H,25,26)(H,20,21,22)/t13-/m0/s1. The number of amides is 1. The van der Waals surface area contributed by atoms with Crippen LogP contribution < -0.4 is 5.32 Å². The Morgan fingerprint density at radius 3 is 2.54 bits per heavy atom. The quantitative estimate of drug-likeness (QED) is 0.781. The molecule has 3 rings (SSSR count). The van der Waals surface area contributed by atoms with Crippen LogP contribution in [0.1, 0.15) is 24.1 Å². The Kier molecular flexibility index (Phi) is 5.90. The van der Waals surface area contributed by atoms with Crippen LogP contribution in [0.25, 0.3) is 0 Å². The lowest BCUT2D eigenvalue weighted by Crippen LogP contribution is -2.47. The monoisotopic (exact) mass is 375 g/mol. The number of nitrogens with one attached hydrogen (secondary N) is 1. The van der Waals surface area contributed by atoms with Crippen LogP contribution in [-0.2, 0) is 6.54 Å². The fourth-order valence-electron chi connectivity index (χ4n) is 2.95. The number of hydrogen-bond acceptors (Lipinski definition) is 5. The van der Waals surface area contributed by atoms with Gasteiger partial charge < -0.3 is 15.3 Å². The van der Waals surface area contributed by atoms with Gasteiger partial charge >= 0.3 is 6.09 Å². The summed E-state index contributed by atoms with van der Waals surface area (Å²) >= 11 is 5.88. The summed E-state index contributed by atoms with van der Waals surface area (Å²) in [6, 6.07) is 10.1. The van der Waals surface area contributed by atoms with Crippen molar-refractivity contribution in [3.05, 3.63) is 52.8 Å². The van der Waals surface area contributed by atoms with Crippen molar-refractivity contribution in [1.82, 2.24) is 19.8 Å². The molecule has 1 aromatic heterocycles. The zero-order chi connectivity index (χ0) is 18.5. The minimum Gasteiger partial charge on any atom is -0.465 e. The van der Waals surface area contributed by atoms with Crippen LogP contribution in [0.2, 0.25) is 5.15 Å². The van der Waals surface area contributed by atoms with Crippen LogP contribution in [0.4, 0.5) is 10.7 Å². The Balaban J connectivity index is 1.54. The molecule has 1 amide bonds. The fourth-order valence-corrected chi connectivity index (χ4v) is 3.09. The van der Waals surface area contributed by atoms with Crippen molar-refractivity contribution in [2.75, 3.05) is 31.5 Å². The third-order valence-corrected chi connectivity index (χ3v) is 4.71. The smallest absolute Gasteiger partial charge is 0.407 e. The van der Waals surface area contributed by atoms with E-state index in [-0.39, 0.29) is 6.04 Å². The largest absolute Gasteiger partial charge is 0.465 e. The van der Waals surface area contributed by atoms with E-state index in [4.69, 9.17) is 16.7 Å². The molecule has 1 aliphatic heterocycles. The van der Waals surface area contributed by atoms with Crippen molar-refractivity contribution < 1.29 is 9.90 Å². The summed E-state index contributed by atoms with van der Waals surface area (Å²) in [5.74, 6) is 0.505. The van der Waals surface area contributed by atoms with Gasteiger partial charge in [0.2, 0.25) is 5.95 Å². The van der Waals surface area contributed by atoms with Gasteiger partial charge in [0, 0.05) is 38.9 Å². The molecule has 1 fully saturated rings. The molecule has 138 valence electrons. The highest BCUT2D eigenvalue weighted by Gasteiger charge is 2.20. The predicted molar refractivity (Wildman–Crippen MR) is 100 cm³/mol. The Hall–Kier alpha value is -2.38. The normalized spacial score (nSPS) is 16.3. The third-order valence-electron chi connectivity index (χ3n) is 4.50. The van der Waals surface area contributed by atoms with Crippen molar-refractivity contribution in [2.24, 2.45) is 0 Å². The number of piperazine rings is 1. The number of hydrogen-bond donors (Lipinski definition) is 2. The van der Waals surface area contributed by atoms with Gasteiger partial charge in [-0.05, 0) is 24.1 Å². The molecule has 0 unspecified atom stereocenters. The lowest BCUT2D eigenvalue weighted by atomic mass is 10.1. The van der Waals surface area contributed by atoms with E-state index in [0.717, 1.165) is 25.2 Å². The van der Waals surface area contributed by atoms with Crippen molar-refractivity contribution in [3.8, 4) is 0 Å². The number of aromatic nitrogens is 2. The van der Waals surface area contributed by atoms with E-state index >= 15 is 0 Å². The second kappa shape index (κ2) is 8.33. The molecule has 2 N–H and O–H groups in total. The average molecular weight is 376 g/mol. The van der Waals surface area contributed by atoms with Gasteiger partial charge in [-0.2, -0.15) is 0 Å². The maximum absolute atomic E-state index is 11.0. The van der Waals surface area contributed by atoms with Crippen LogP contribution >= 0.6 is 11.6 Å². The molecule has 2 aromatic rings. The van der Waals surface area contributed by atoms with Crippen LogP contribution in [0.15, 0.2) is 36.5 Å². The number of anilines is 1. The number of benzene rings is 1. The molecule has 1 atom stereocenters. The highest BCUT2D eigenvalue weighted by atomic mass is 35.5.